The van der Waals surface area contributed by atoms with E-state index in [1.807, 2.05) is 43.3 Å². The number of rotatable bonds is 12. The molecule has 0 fully saturated rings. The van der Waals surface area contributed by atoms with Crippen molar-refractivity contribution in [2.75, 3.05) is 10.6 Å². The predicted molar refractivity (Wildman–Crippen MR) is 178 cm³/mol. The van der Waals surface area contributed by atoms with Gasteiger partial charge in [0.1, 0.15) is 6.04 Å². The Hall–Kier alpha value is -6.14. The van der Waals surface area contributed by atoms with E-state index in [1.165, 1.54) is 0 Å². The van der Waals surface area contributed by atoms with Gasteiger partial charge in [-0.25, -0.2) is 9.97 Å². The molecule has 5 rings (SSSR count). The van der Waals surface area contributed by atoms with Crippen LogP contribution in [0.2, 0.25) is 0 Å². The number of aryl methyl sites for hydroxylation is 1. The van der Waals surface area contributed by atoms with Crippen LogP contribution in [0.3, 0.4) is 0 Å². The molecule has 0 spiro atoms. The van der Waals surface area contributed by atoms with Crippen LogP contribution in [0, 0.1) is 19.3 Å². The summed E-state index contributed by atoms with van der Waals surface area (Å²) in [6.07, 6.45) is 11.0. The summed E-state index contributed by atoms with van der Waals surface area (Å²) in [5, 5.41) is 8.98. The minimum Gasteiger partial charge on any atom is -0.344 e. The number of hydrogen-bond acceptors (Lipinski definition) is 7. The van der Waals surface area contributed by atoms with Gasteiger partial charge in [-0.3, -0.25) is 19.4 Å². The van der Waals surface area contributed by atoms with Crippen molar-refractivity contribution in [3.05, 3.63) is 132 Å². The Bertz CT molecular complexity index is 1870. The van der Waals surface area contributed by atoms with E-state index in [4.69, 9.17) is 6.42 Å². The van der Waals surface area contributed by atoms with Crippen molar-refractivity contribution < 1.29 is 14.4 Å². The van der Waals surface area contributed by atoms with Crippen LogP contribution in [0.15, 0.2) is 110 Å². The van der Waals surface area contributed by atoms with Gasteiger partial charge in [-0.05, 0) is 48.4 Å². The number of carbonyl (C=O) groups excluding carboxylic acids is 3. The van der Waals surface area contributed by atoms with Crippen LogP contribution < -0.4 is 16.0 Å². The van der Waals surface area contributed by atoms with Crippen LogP contribution in [0.4, 0.5) is 17.3 Å². The first-order chi connectivity index (χ1) is 22.4. The summed E-state index contributed by atoms with van der Waals surface area (Å²) in [7, 11) is 0. The summed E-state index contributed by atoms with van der Waals surface area (Å²) >= 11 is 0. The van der Waals surface area contributed by atoms with E-state index in [0.29, 0.717) is 34.1 Å². The Labute approximate surface area is 267 Å². The number of nitrogens with one attached hydrogen (secondary N) is 3. The van der Waals surface area contributed by atoms with E-state index in [2.05, 4.69) is 36.8 Å². The highest BCUT2D eigenvalue weighted by molar-refractivity contribution is 6.09. The van der Waals surface area contributed by atoms with Crippen molar-refractivity contribution in [3.8, 4) is 23.6 Å². The maximum Gasteiger partial charge on any atom is 0.247 e. The molecule has 9 heteroatoms. The number of terminal acetylenes is 1. The number of amides is 2. The lowest BCUT2D eigenvalue weighted by molar-refractivity contribution is -0.126. The standard InChI is InChI=1S/C37H32N6O3/c1-3-4-12-34(44)41-33(22-26-14-16-28(17-15-26)35(45)27-9-6-5-7-10-27)36(46)40-30-18-13-25(2)32(23-30)43-37-39-21-19-31(42-37)29-11-8-20-38-24-29/h1,5-11,13-21,23-24,33H,4,12,22H2,2H3,(H,40,46)(H,41,44)(H,39,42,43). The van der Waals surface area contributed by atoms with Gasteiger partial charge in [0.2, 0.25) is 17.8 Å². The van der Waals surface area contributed by atoms with Gasteiger partial charge in [-0.2, -0.15) is 0 Å². The highest BCUT2D eigenvalue weighted by Crippen LogP contribution is 2.25. The Morgan fingerprint density at radius 2 is 1.67 bits per heavy atom. The Kier molecular flexibility index (Phi) is 10.2. The van der Waals surface area contributed by atoms with Crippen LogP contribution in [-0.4, -0.2) is 38.6 Å². The first-order valence-electron chi connectivity index (χ1n) is 14.7. The number of hydrogen-bond donors (Lipinski definition) is 3. The average Bonchev–Trinajstić information content (AvgIpc) is 3.09. The predicted octanol–water partition coefficient (Wildman–Crippen LogP) is 5.90. The van der Waals surface area contributed by atoms with E-state index in [0.717, 1.165) is 16.7 Å². The quantitative estimate of drug-likeness (QED) is 0.119. The summed E-state index contributed by atoms with van der Waals surface area (Å²) in [5.74, 6) is 2.02. The minimum absolute atomic E-state index is 0.0954. The van der Waals surface area contributed by atoms with Crippen LogP contribution in [0.25, 0.3) is 11.3 Å². The second kappa shape index (κ2) is 15.0. The summed E-state index contributed by atoms with van der Waals surface area (Å²) in [6.45, 7) is 1.93. The fourth-order valence-corrected chi connectivity index (χ4v) is 4.72. The fraction of sp³-hybridized carbons (Fsp3) is 0.135. The molecule has 3 N–H and O–H groups in total. The molecular formula is C37H32N6O3. The number of aromatic nitrogens is 3. The fourth-order valence-electron chi connectivity index (χ4n) is 4.72. The van der Waals surface area contributed by atoms with Gasteiger partial charge < -0.3 is 16.0 Å². The van der Waals surface area contributed by atoms with Crippen LogP contribution in [-0.2, 0) is 16.0 Å². The highest BCUT2D eigenvalue weighted by atomic mass is 16.2. The van der Waals surface area contributed by atoms with E-state index < -0.39 is 11.9 Å². The third-order valence-corrected chi connectivity index (χ3v) is 7.20. The monoisotopic (exact) mass is 608 g/mol. The molecule has 0 bridgehead atoms. The second-order valence-electron chi connectivity index (χ2n) is 10.6. The molecule has 2 amide bonds. The van der Waals surface area contributed by atoms with Crippen molar-refractivity contribution in [1.29, 1.82) is 0 Å². The van der Waals surface area contributed by atoms with Gasteiger partial charge in [0, 0.05) is 65.9 Å². The van der Waals surface area contributed by atoms with Gasteiger partial charge in [-0.15, -0.1) is 12.3 Å². The first-order valence-corrected chi connectivity index (χ1v) is 14.7. The topological polar surface area (TPSA) is 126 Å². The molecule has 0 aliphatic rings. The molecule has 0 aliphatic heterocycles. The molecule has 0 saturated carbocycles. The molecular weight excluding hydrogens is 576 g/mol. The maximum absolute atomic E-state index is 13.6. The maximum atomic E-state index is 13.6. The molecule has 228 valence electrons. The molecule has 0 saturated heterocycles. The molecule has 5 aromatic rings. The summed E-state index contributed by atoms with van der Waals surface area (Å²) in [6, 6.07) is 26.2. The molecule has 2 heterocycles. The van der Waals surface area contributed by atoms with Crippen molar-refractivity contribution in [1.82, 2.24) is 20.3 Å². The van der Waals surface area contributed by atoms with Crippen LogP contribution in [0.5, 0.6) is 0 Å². The Morgan fingerprint density at radius 1 is 0.891 bits per heavy atom. The van der Waals surface area contributed by atoms with Crippen molar-refractivity contribution in [2.24, 2.45) is 0 Å². The van der Waals surface area contributed by atoms with Gasteiger partial charge in [0.15, 0.2) is 5.78 Å². The summed E-state index contributed by atoms with van der Waals surface area (Å²) in [4.78, 5) is 52.1. The van der Waals surface area contributed by atoms with Gasteiger partial charge >= 0.3 is 0 Å². The van der Waals surface area contributed by atoms with E-state index in [-0.39, 0.29) is 31.0 Å². The zero-order chi connectivity index (χ0) is 32.3. The lowest BCUT2D eigenvalue weighted by Gasteiger charge is -2.19. The molecule has 2 aromatic heterocycles. The van der Waals surface area contributed by atoms with E-state index >= 15 is 0 Å². The third-order valence-electron chi connectivity index (χ3n) is 7.20. The smallest absolute Gasteiger partial charge is 0.247 e. The number of anilines is 3. The number of pyridine rings is 1. The summed E-state index contributed by atoms with van der Waals surface area (Å²) in [5.41, 5.74) is 5.61. The average molecular weight is 609 g/mol. The van der Waals surface area contributed by atoms with Crippen LogP contribution >= 0.6 is 0 Å². The molecule has 1 atom stereocenters. The number of ketones is 1. The number of carbonyl (C=O) groups is 3. The van der Waals surface area contributed by atoms with Crippen molar-refractivity contribution >= 4 is 34.9 Å². The molecule has 3 aromatic carbocycles. The Balaban J connectivity index is 1.31. The molecule has 46 heavy (non-hydrogen) atoms. The molecule has 0 radical (unpaired) electrons. The largest absolute Gasteiger partial charge is 0.344 e. The van der Waals surface area contributed by atoms with Gasteiger partial charge in [0.25, 0.3) is 0 Å². The molecule has 9 nitrogen and oxygen atoms in total. The van der Waals surface area contributed by atoms with Crippen molar-refractivity contribution in [2.45, 2.75) is 32.2 Å². The highest BCUT2D eigenvalue weighted by Gasteiger charge is 2.22. The molecule has 1 unspecified atom stereocenters. The number of benzene rings is 3. The zero-order valence-electron chi connectivity index (χ0n) is 25.2. The summed E-state index contributed by atoms with van der Waals surface area (Å²) < 4.78 is 0. The zero-order valence-corrected chi connectivity index (χ0v) is 25.2. The van der Waals surface area contributed by atoms with Gasteiger partial charge in [0.05, 0.1) is 5.69 Å². The van der Waals surface area contributed by atoms with E-state index in [9.17, 15) is 14.4 Å². The number of nitrogens with zero attached hydrogens (tertiary/aromatic N) is 3. The minimum atomic E-state index is -0.891. The lowest BCUT2D eigenvalue weighted by Crippen LogP contribution is -2.45. The van der Waals surface area contributed by atoms with Crippen molar-refractivity contribution in [3.63, 3.8) is 0 Å². The lowest BCUT2D eigenvalue weighted by atomic mass is 9.99. The SMILES string of the molecule is C#CCCC(=O)NC(Cc1ccc(C(=O)c2ccccc2)cc1)C(=O)Nc1ccc(C)c(Nc2nccc(-c3cccnc3)n2)c1. The Morgan fingerprint density at radius 3 is 2.41 bits per heavy atom. The first kappa shape index (κ1) is 31.3. The third kappa shape index (κ3) is 8.27. The van der Waals surface area contributed by atoms with E-state index in [1.54, 1.807) is 73.2 Å². The molecule has 0 aliphatic carbocycles. The van der Waals surface area contributed by atoms with Gasteiger partial charge in [-0.1, -0.05) is 60.7 Å². The normalized spacial score (nSPS) is 11.1. The van der Waals surface area contributed by atoms with Crippen LogP contribution in [0.1, 0.15) is 39.9 Å². The second-order valence-corrected chi connectivity index (χ2v) is 10.6.